The van der Waals surface area contributed by atoms with Crippen molar-refractivity contribution in [2.75, 3.05) is 6.61 Å². The van der Waals surface area contributed by atoms with Gasteiger partial charge in [-0.1, -0.05) is 0 Å². The second kappa shape index (κ2) is 6.60. The Labute approximate surface area is 119 Å². The molecule has 116 valence electrons. The molecule has 0 N–H and O–H groups in total. The van der Waals surface area contributed by atoms with Crippen LogP contribution in [0, 0.1) is 0 Å². The maximum Gasteiger partial charge on any atom is 0.417 e. The third-order valence-corrected chi connectivity index (χ3v) is 2.53. The van der Waals surface area contributed by atoms with Gasteiger partial charge < -0.3 is 9.47 Å². The van der Waals surface area contributed by atoms with E-state index in [-0.39, 0.29) is 12.4 Å². The Morgan fingerprint density at radius 1 is 1.24 bits per heavy atom. The largest absolute Gasteiger partial charge is 0.490 e. The Balaban J connectivity index is 2.91. The van der Waals surface area contributed by atoms with Crippen LogP contribution in [0.5, 0.6) is 5.75 Å². The second-order valence-corrected chi connectivity index (χ2v) is 4.49. The first-order valence-corrected chi connectivity index (χ1v) is 6.13. The van der Waals surface area contributed by atoms with E-state index >= 15 is 0 Å². The Morgan fingerprint density at radius 2 is 1.86 bits per heavy atom. The first-order valence-electron chi connectivity index (χ1n) is 6.13. The molecule has 0 saturated carbocycles. The lowest BCUT2D eigenvalue weighted by molar-refractivity contribution is -0.146. The minimum atomic E-state index is -4.65. The van der Waals surface area contributed by atoms with Gasteiger partial charge in [-0.15, -0.1) is 0 Å². The number of Topliss-reactive ketones (excluding diaryl/α,β-unsaturated/α-hetero) is 1. The summed E-state index contributed by atoms with van der Waals surface area (Å²) in [6.07, 6.45) is -5.24. The average molecular weight is 304 g/mol. The molecule has 1 rings (SSSR count). The Kier molecular flexibility index (Phi) is 5.34. The number of ketones is 1. The summed E-state index contributed by atoms with van der Waals surface area (Å²) < 4.78 is 48.6. The molecule has 0 bridgehead atoms. The number of rotatable bonds is 5. The van der Waals surface area contributed by atoms with Crippen molar-refractivity contribution in [2.24, 2.45) is 0 Å². The van der Waals surface area contributed by atoms with E-state index in [0.717, 1.165) is 19.1 Å². The number of hydrogen-bond acceptors (Lipinski definition) is 4. The molecule has 21 heavy (non-hydrogen) atoms. The van der Waals surface area contributed by atoms with E-state index in [2.05, 4.69) is 0 Å². The second-order valence-electron chi connectivity index (χ2n) is 4.49. The molecule has 0 aliphatic heterocycles. The first-order chi connectivity index (χ1) is 9.61. The van der Waals surface area contributed by atoms with Crippen molar-refractivity contribution < 1.29 is 32.2 Å². The van der Waals surface area contributed by atoms with Gasteiger partial charge in [-0.25, -0.2) is 0 Å². The highest BCUT2D eigenvalue weighted by atomic mass is 19.4. The lowest BCUT2D eigenvalue weighted by Gasteiger charge is -2.16. The van der Waals surface area contributed by atoms with E-state index in [0.29, 0.717) is 0 Å². The van der Waals surface area contributed by atoms with Crippen LogP contribution in [0.1, 0.15) is 36.7 Å². The van der Waals surface area contributed by atoms with Crippen LogP contribution in [0.25, 0.3) is 0 Å². The number of hydrogen-bond donors (Lipinski definition) is 0. The summed E-state index contributed by atoms with van der Waals surface area (Å²) in [5.74, 6) is -1.23. The van der Waals surface area contributed by atoms with Gasteiger partial charge in [0.1, 0.15) is 18.5 Å². The van der Waals surface area contributed by atoms with Crippen molar-refractivity contribution in [1.29, 1.82) is 0 Å². The summed E-state index contributed by atoms with van der Waals surface area (Å²) >= 11 is 0. The quantitative estimate of drug-likeness (QED) is 0.619. The summed E-state index contributed by atoms with van der Waals surface area (Å²) in [7, 11) is 0. The molecule has 0 spiro atoms. The average Bonchev–Trinajstić information content (AvgIpc) is 2.34. The van der Waals surface area contributed by atoms with Crippen molar-refractivity contribution in [2.45, 2.75) is 33.1 Å². The van der Waals surface area contributed by atoms with Crippen LogP contribution >= 0.6 is 0 Å². The topological polar surface area (TPSA) is 52.6 Å². The molecule has 0 heterocycles. The van der Waals surface area contributed by atoms with Crippen LogP contribution in [0.3, 0.4) is 0 Å². The zero-order valence-corrected chi connectivity index (χ0v) is 11.8. The Bertz CT molecular complexity index is 538. The monoisotopic (exact) mass is 304 g/mol. The third-order valence-electron chi connectivity index (χ3n) is 2.53. The highest BCUT2D eigenvalue weighted by Crippen LogP contribution is 2.34. The Hall–Kier alpha value is -2.05. The minimum Gasteiger partial charge on any atom is -0.490 e. The third kappa shape index (κ3) is 5.09. The predicted molar refractivity (Wildman–Crippen MR) is 68.2 cm³/mol. The van der Waals surface area contributed by atoms with Gasteiger partial charge in [0, 0.05) is 12.5 Å². The van der Waals surface area contributed by atoms with Crippen LogP contribution in [0.4, 0.5) is 13.2 Å². The number of ether oxygens (including phenoxy) is 2. The van der Waals surface area contributed by atoms with Crippen molar-refractivity contribution in [3.63, 3.8) is 0 Å². The minimum absolute atomic E-state index is 0.0497. The van der Waals surface area contributed by atoms with Gasteiger partial charge in [0.2, 0.25) is 0 Å². The molecule has 1 atom stereocenters. The van der Waals surface area contributed by atoms with Gasteiger partial charge in [0.05, 0.1) is 5.56 Å². The lowest BCUT2D eigenvalue weighted by Crippen LogP contribution is -2.20. The molecule has 4 nitrogen and oxygen atoms in total. The molecular weight excluding hydrogens is 289 g/mol. The normalized spacial score (nSPS) is 12.7. The maximum absolute atomic E-state index is 12.9. The summed E-state index contributed by atoms with van der Waals surface area (Å²) in [5, 5.41) is 0. The smallest absolute Gasteiger partial charge is 0.417 e. The van der Waals surface area contributed by atoms with E-state index in [1.165, 1.54) is 13.0 Å². The SMILES string of the molecule is CC(=O)O[C@@H](C)COc1ccc(C(C)=O)c(C(F)(F)F)c1. The standard InChI is InChI=1S/C14H15F3O4/c1-8(21-10(3)19)7-20-11-4-5-12(9(2)18)13(6-11)14(15,16)17/h4-6,8H,7H2,1-3H3/t8-/m0/s1. The lowest BCUT2D eigenvalue weighted by atomic mass is 10.0. The van der Waals surface area contributed by atoms with Crippen LogP contribution in [-0.4, -0.2) is 24.5 Å². The molecule has 0 saturated heterocycles. The molecule has 0 radical (unpaired) electrons. The van der Waals surface area contributed by atoms with Gasteiger partial charge in [0.15, 0.2) is 5.78 Å². The molecule has 0 aliphatic carbocycles. The van der Waals surface area contributed by atoms with Gasteiger partial charge in [-0.3, -0.25) is 9.59 Å². The van der Waals surface area contributed by atoms with Gasteiger partial charge >= 0.3 is 12.1 Å². The van der Waals surface area contributed by atoms with Crippen molar-refractivity contribution in [1.82, 2.24) is 0 Å². The highest BCUT2D eigenvalue weighted by molar-refractivity contribution is 5.95. The Morgan fingerprint density at radius 3 is 2.33 bits per heavy atom. The highest BCUT2D eigenvalue weighted by Gasteiger charge is 2.35. The zero-order chi connectivity index (χ0) is 16.2. The zero-order valence-electron chi connectivity index (χ0n) is 11.8. The van der Waals surface area contributed by atoms with E-state index in [1.54, 1.807) is 6.92 Å². The van der Waals surface area contributed by atoms with Crippen molar-refractivity contribution in [3.8, 4) is 5.75 Å². The molecule has 0 aromatic heterocycles. The number of carbonyl (C=O) groups excluding carboxylic acids is 2. The van der Waals surface area contributed by atoms with Crippen LogP contribution < -0.4 is 4.74 Å². The van der Waals surface area contributed by atoms with E-state index < -0.39 is 35.2 Å². The van der Waals surface area contributed by atoms with E-state index in [4.69, 9.17) is 9.47 Å². The molecule has 7 heteroatoms. The fourth-order valence-electron chi connectivity index (χ4n) is 1.69. The summed E-state index contributed by atoms with van der Waals surface area (Å²) in [4.78, 5) is 21.9. The molecule has 0 amide bonds. The van der Waals surface area contributed by atoms with Gasteiger partial charge in [-0.2, -0.15) is 13.2 Å². The summed E-state index contributed by atoms with van der Waals surface area (Å²) in [6, 6.07) is 3.10. The fourth-order valence-corrected chi connectivity index (χ4v) is 1.69. The molecule has 0 aliphatic rings. The number of carbonyl (C=O) groups is 2. The maximum atomic E-state index is 12.9. The molecule has 0 unspecified atom stereocenters. The van der Waals surface area contributed by atoms with Crippen molar-refractivity contribution in [3.05, 3.63) is 29.3 Å². The molecule has 1 aromatic carbocycles. The number of benzene rings is 1. The molecule has 1 aromatic rings. The number of halogens is 3. The van der Waals surface area contributed by atoms with Crippen LogP contribution in [-0.2, 0) is 15.7 Å². The van der Waals surface area contributed by atoms with Crippen LogP contribution in [0.15, 0.2) is 18.2 Å². The van der Waals surface area contributed by atoms with Crippen molar-refractivity contribution >= 4 is 11.8 Å². The van der Waals surface area contributed by atoms with Crippen LogP contribution in [0.2, 0.25) is 0 Å². The number of esters is 1. The summed E-state index contributed by atoms with van der Waals surface area (Å²) in [5.41, 5.74) is -1.46. The molecular formula is C14H15F3O4. The van der Waals surface area contributed by atoms with Gasteiger partial charge in [-0.05, 0) is 32.0 Å². The first kappa shape index (κ1) is 17.0. The number of alkyl halides is 3. The fraction of sp³-hybridized carbons (Fsp3) is 0.429. The van der Waals surface area contributed by atoms with Gasteiger partial charge in [0.25, 0.3) is 0 Å². The summed E-state index contributed by atoms with van der Waals surface area (Å²) in [6.45, 7) is 3.75. The van der Waals surface area contributed by atoms with E-state index in [9.17, 15) is 22.8 Å². The van der Waals surface area contributed by atoms with E-state index in [1.807, 2.05) is 0 Å². The molecule has 0 fully saturated rings. The predicted octanol–water partition coefficient (Wildman–Crippen LogP) is 3.24.